The molecule has 30 heavy (non-hydrogen) atoms. The van der Waals surface area contributed by atoms with Crippen LogP contribution in [-0.2, 0) is 16.0 Å². The van der Waals surface area contributed by atoms with Crippen LogP contribution < -0.4 is 4.74 Å². The fraction of sp³-hybridized carbons (Fsp3) is 0.286. The van der Waals surface area contributed by atoms with Crippen molar-refractivity contribution in [2.45, 2.75) is 24.9 Å². The van der Waals surface area contributed by atoms with Crippen LogP contribution in [0.3, 0.4) is 0 Å². The van der Waals surface area contributed by atoms with Crippen LogP contribution in [0.5, 0.6) is 5.75 Å². The number of rotatable bonds is 10. The Bertz CT molecular complexity index is 983. The third-order valence-corrected chi connectivity index (χ3v) is 5.47. The van der Waals surface area contributed by atoms with Crippen LogP contribution in [0.2, 0.25) is 10.0 Å². The minimum Gasteiger partial charge on any atom is -0.492 e. The van der Waals surface area contributed by atoms with Gasteiger partial charge in [-0.05, 0) is 43.7 Å². The van der Waals surface area contributed by atoms with Crippen LogP contribution in [0.25, 0.3) is 5.69 Å². The van der Waals surface area contributed by atoms with Crippen LogP contribution in [0.4, 0.5) is 0 Å². The van der Waals surface area contributed by atoms with Gasteiger partial charge in [0.2, 0.25) is 0 Å². The Morgan fingerprint density at radius 3 is 2.67 bits per heavy atom. The van der Waals surface area contributed by atoms with Crippen LogP contribution >= 0.6 is 35.0 Å². The minimum atomic E-state index is -0.278. The molecule has 2 aromatic carbocycles. The molecule has 0 spiro atoms. The lowest BCUT2D eigenvalue weighted by atomic mass is 10.2. The third-order valence-electron chi connectivity index (χ3n) is 4.04. The van der Waals surface area contributed by atoms with Crippen LogP contribution in [0, 0.1) is 0 Å². The van der Waals surface area contributed by atoms with E-state index in [9.17, 15) is 4.79 Å². The molecule has 0 aliphatic rings. The molecule has 0 amide bonds. The quantitative estimate of drug-likeness (QED) is 0.231. The minimum absolute atomic E-state index is 0.178. The molecule has 0 aliphatic carbocycles. The third kappa shape index (κ3) is 6.14. The summed E-state index contributed by atoms with van der Waals surface area (Å²) in [4.78, 5) is 11.7. The molecule has 0 bridgehead atoms. The van der Waals surface area contributed by atoms with Crippen molar-refractivity contribution in [1.82, 2.24) is 14.8 Å². The number of aromatic nitrogens is 3. The number of aryl methyl sites for hydroxylation is 1. The van der Waals surface area contributed by atoms with Gasteiger partial charge in [-0.15, -0.1) is 10.2 Å². The average Bonchev–Trinajstić information content (AvgIpc) is 3.14. The summed E-state index contributed by atoms with van der Waals surface area (Å²) >= 11 is 13.4. The topological polar surface area (TPSA) is 66.2 Å². The predicted octanol–water partition coefficient (Wildman–Crippen LogP) is 5.24. The van der Waals surface area contributed by atoms with Gasteiger partial charge in [-0.2, -0.15) is 0 Å². The molecule has 0 atom stereocenters. The maximum atomic E-state index is 11.7. The largest absolute Gasteiger partial charge is 0.492 e. The molecule has 0 saturated carbocycles. The summed E-state index contributed by atoms with van der Waals surface area (Å²) in [6.45, 7) is 2.61. The first-order valence-electron chi connectivity index (χ1n) is 9.44. The number of hydrogen-bond acceptors (Lipinski definition) is 6. The summed E-state index contributed by atoms with van der Waals surface area (Å²) in [7, 11) is 0. The molecule has 1 heterocycles. The van der Waals surface area contributed by atoms with E-state index < -0.39 is 0 Å². The van der Waals surface area contributed by atoms with Gasteiger partial charge in [0.05, 0.1) is 24.0 Å². The average molecular weight is 466 g/mol. The van der Waals surface area contributed by atoms with Crippen molar-refractivity contribution in [2.75, 3.05) is 19.0 Å². The van der Waals surface area contributed by atoms with Crippen LogP contribution in [-0.4, -0.2) is 39.7 Å². The number of esters is 1. The number of thioether (sulfide) groups is 1. The van der Waals surface area contributed by atoms with Crippen molar-refractivity contribution in [3.05, 3.63) is 64.4 Å². The van der Waals surface area contributed by atoms with E-state index >= 15 is 0 Å². The number of carbonyl (C=O) groups excluding carboxylic acids is 1. The molecule has 158 valence electrons. The van der Waals surface area contributed by atoms with E-state index in [0.29, 0.717) is 47.0 Å². The summed E-state index contributed by atoms with van der Waals surface area (Å²) in [5.74, 6) is 1.28. The van der Waals surface area contributed by atoms with Gasteiger partial charge in [0, 0.05) is 17.1 Å². The highest BCUT2D eigenvalue weighted by molar-refractivity contribution is 7.99. The summed E-state index contributed by atoms with van der Waals surface area (Å²) in [5, 5.41) is 10.3. The summed E-state index contributed by atoms with van der Waals surface area (Å²) < 4.78 is 12.7. The molecule has 0 unspecified atom stereocenters. The van der Waals surface area contributed by atoms with Gasteiger partial charge >= 0.3 is 5.97 Å². The Kier molecular flexibility index (Phi) is 8.42. The molecular formula is C21H21Cl2N3O3S. The molecular weight excluding hydrogens is 445 g/mol. The Morgan fingerprint density at radius 1 is 1.13 bits per heavy atom. The normalized spacial score (nSPS) is 10.8. The lowest BCUT2D eigenvalue weighted by Crippen LogP contribution is -2.09. The highest BCUT2D eigenvalue weighted by Gasteiger charge is 2.16. The van der Waals surface area contributed by atoms with E-state index in [2.05, 4.69) is 10.2 Å². The Morgan fingerprint density at radius 2 is 1.93 bits per heavy atom. The maximum Gasteiger partial charge on any atom is 0.316 e. The maximum absolute atomic E-state index is 11.7. The molecule has 0 N–H and O–H groups in total. The van der Waals surface area contributed by atoms with Gasteiger partial charge < -0.3 is 9.47 Å². The fourth-order valence-corrected chi connectivity index (χ4v) is 3.95. The SMILES string of the molecule is CCOC(=O)CSc1nnc(CCCOc2ccc(Cl)cc2Cl)n1-c1ccccc1. The number of halogens is 2. The molecule has 6 nitrogen and oxygen atoms in total. The Balaban J connectivity index is 1.67. The zero-order valence-electron chi connectivity index (χ0n) is 16.4. The van der Waals surface area contributed by atoms with Gasteiger partial charge in [-0.3, -0.25) is 9.36 Å². The number of carbonyl (C=O) groups is 1. The molecule has 0 radical (unpaired) electrons. The first kappa shape index (κ1) is 22.5. The van der Waals surface area contributed by atoms with Gasteiger partial charge in [-0.25, -0.2) is 0 Å². The van der Waals surface area contributed by atoms with Gasteiger partial charge in [0.25, 0.3) is 0 Å². The number of benzene rings is 2. The van der Waals surface area contributed by atoms with E-state index in [1.165, 1.54) is 11.8 Å². The standard InChI is InChI=1S/C21H21Cl2N3O3S/c1-2-28-20(27)14-30-21-25-24-19(26(21)16-7-4-3-5-8-16)9-6-12-29-18-11-10-15(22)13-17(18)23/h3-5,7-8,10-11,13H,2,6,9,12,14H2,1H3. The Labute approximate surface area is 189 Å². The zero-order chi connectivity index (χ0) is 21.3. The number of hydrogen-bond donors (Lipinski definition) is 0. The zero-order valence-corrected chi connectivity index (χ0v) is 18.7. The molecule has 0 saturated heterocycles. The number of ether oxygens (including phenoxy) is 2. The highest BCUT2D eigenvalue weighted by Crippen LogP contribution is 2.28. The van der Waals surface area contributed by atoms with Crippen molar-refractivity contribution in [2.24, 2.45) is 0 Å². The molecule has 3 aromatic rings. The fourth-order valence-electron chi connectivity index (χ4n) is 2.72. The van der Waals surface area contributed by atoms with E-state index in [1.54, 1.807) is 25.1 Å². The van der Waals surface area contributed by atoms with E-state index in [1.807, 2.05) is 34.9 Å². The first-order valence-corrected chi connectivity index (χ1v) is 11.2. The molecule has 0 aliphatic heterocycles. The monoisotopic (exact) mass is 465 g/mol. The van der Waals surface area contributed by atoms with Gasteiger partial charge in [0.15, 0.2) is 5.16 Å². The Hall–Kier alpha value is -2.22. The lowest BCUT2D eigenvalue weighted by Gasteiger charge is -2.11. The van der Waals surface area contributed by atoms with Crippen molar-refractivity contribution in [3.8, 4) is 11.4 Å². The predicted molar refractivity (Wildman–Crippen MR) is 119 cm³/mol. The molecule has 0 fully saturated rings. The number of para-hydroxylation sites is 1. The summed E-state index contributed by atoms with van der Waals surface area (Å²) in [6, 6.07) is 14.9. The second kappa shape index (κ2) is 11.2. The first-order chi connectivity index (χ1) is 14.6. The van der Waals surface area contributed by atoms with E-state index in [0.717, 1.165) is 11.5 Å². The molecule has 1 aromatic heterocycles. The molecule has 3 rings (SSSR count). The van der Waals surface area contributed by atoms with Crippen molar-refractivity contribution in [1.29, 1.82) is 0 Å². The van der Waals surface area contributed by atoms with Crippen molar-refractivity contribution in [3.63, 3.8) is 0 Å². The highest BCUT2D eigenvalue weighted by atomic mass is 35.5. The lowest BCUT2D eigenvalue weighted by molar-refractivity contribution is -0.139. The van der Waals surface area contributed by atoms with Crippen molar-refractivity contribution >= 4 is 40.9 Å². The van der Waals surface area contributed by atoms with Crippen LogP contribution in [0.15, 0.2) is 53.7 Å². The van der Waals surface area contributed by atoms with E-state index in [4.69, 9.17) is 32.7 Å². The summed E-state index contributed by atoms with van der Waals surface area (Å²) in [5.41, 5.74) is 0.936. The van der Waals surface area contributed by atoms with Crippen molar-refractivity contribution < 1.29 is 14.3 Å². The van der Waals surface area contributed by atoms with Gasteiger partial charge in [0.1, 0.15) is 11.6 Å². The van der Waals surface area contributed by atoms with Gasteiger partial charge in [-0.1, -0.05) is 53.2 Å². The smallest absolute Gasteiger partial charge is 0.316 e. The van der Waals surface area contributed by atoms with E-state index in [-0.39, 0.29) is 11.7 Å². The molecule has 9 heteroatoms. The van der Waals surface area contributed by atoms with Crippen LogP contribution in [0.1, 0.15) is 19.2 Å². The second-order valence-electron chi connectivity index (χ2n) is 6.19. The number of nitrogens with zero attached hydrogens (tertiary/aromatic N) is 3. The second-order valence-corrected chi connectivity index (χ2v) is 7.98. The summed E-state index contributed by atoms with van der Waals surface area (Å²) in [6.07, 6.45) is 1.36.